The summed E-state index contributed by atoms with van der Waals surface area (Å²) in [5.41, 5.74) is 2.97. The second-order valence-corrected chi connectivity index (χ2v) is 6.07. The zero-order valence-corrected chi connectivity index (χ0v) is 14.1. The Bertz CT molecular complexity index is 1110. The number of amides is 1. The zero-order valence-electron chi connectivity index (χ0n) is 13.4. The molecule has 5 nitrogen and oxygen atoms in total. The summed E-state index contributed by atoms with van der Waals surface area (Å²) in [6.45, 7) is 0. The third-order valence-corrected chi connectivity index (χ3v) is 4.02. The van der Waals surface area contributed by atoms with E-state index in [1.165, 1.54) is 16.9 Å². The summed E-state index contributed by atoms with van der Waals surface area (Å²) in [5, 5.41) is 12.0. The fourth-order valence-corrected chi connectivity index (χ4v) is 2.71. The van der Waals surface area contributed by atoms with Crippen molar-refractivity contribution in [2.24, 2.45) is 0 Å². The van der Waals surface area contributed by atoms with E-state index in [9.17, 15) is 9.18 Å². The lowest BCUT2D eigenvalue weighted by Gasteiger charge is -2.05. The van der Waals surface area contributed by atoms with Crippen LogP contribution in [0.3, 0.4) is 0 Å². The van der Waals surface area contributed by atoms with Gasteiger partial charge in [-0.1, -0.05) is 17.7 Å². The Morgan fingerprint density at radius 2 is 1.73 bits per heavy atom. The first-order valence-corrected chi connectivity index (χ1v) is 8.16. The van der Waals surface area contributed by atoms with Crippen molar-refractivity contribution in [3.05, 3.63) is 83.1 Å². The highest BCUT2D eigenvalue weighted by atomic mass is 35.5. The molecular formula is C19H12ClFN4O. The number of rotatable bonds is 3. The number of halogens is 2. The van der Waals surface area contributed by atoms with Crippen LogP contribution in [0.15, 0.2) is 66.7 Å². The molecule has 1 heterocycles. The Balaban J connectivity index is 1.61. The fourth-order valence-electron chi connectivity index (χ4n) is 2.52. The van der Waals surface area contributed by atoms with Crippen molar-refractivity contribution >= 4 is 34.2 Å². The predicted octanol–water partition coefficient (Wildman–Crippen LogP) is 4.47. The molecule has 0 bridgehead atoms. The first-order chi connectivity index (χ1) is 12.6. The lowest BCUT2D eigenvalue weighted by Crippen LogP contribution is -2.11. The van der Waals surface area contributed by atoms with Crippen molar-refractivity contribution in [1.29, 1.82) is 0 Å². The number of nitrogens with one attached hydrogen (secondary N) is 1. The normalized spacial score (nSPS) is 10.8. The number of fused-ring (bicyclic) bond motifs is 1. The van der Waals surface area contributed by atoms with E-state index in [1.807, 2.05) is 0 Å². The first kappa shape index (κ1) is 16.2. The lowest BCUT2D eigenvalue weighted by molar-refractivity contribution is 0.102. The summed E-state index contributed by atoms with van der Waals surface area (Å²) in [7, 11) is 0. The molecule has 1 aromatic heterocycles. The van der Waals surface area contributed by atoms with Gasteiger partial charge in [-0.15, -0.1) is 10.2 Å². The molecule has 7 heteroatoms. The second kappa shape index (κ2) is 6.57. The highest BCUT2D eigenvalue weighted by Crippen LogP contribution is 2.19. The molecule has 0 atom stereocenters. The van der Waals surface area contributed by atoms with Gasteiger partial charge in [0.2, 0.25) is 0 Å². The van der Waals surface area contributed by atoms with Gasteiger partial charge in [0.1, 0.15) is 16.9 Å². The molecule has 0 aliphatic carbocycles. The van der Waals surface area contributed by atoms with Crippen LogP contribution in [0.25, 0.3) is 16.7 Å². The molecule has 4 aromatic rings. The fraction of sp³-hybridized carbons (Fsp3) is 0. The van der Waals surface area contributed by atoms with E-state index in [0.29, 0.717) is 33.0 Å². The Morgan fingerprint density at radius 1 is 0.962 bits per heavy atom. The summed E-state index contributed by atoms with van der Waals surface area (Å²) in [4.78, 5) is 13.7. The summed E-state index contributed by atoms with van der Waals surface area (Å²) < 4.78 is 13.0. The summed E-state index contributed by atoms with van der Waals surface area (Å²) in [5.74, 6) is -0.589. The van der Waals surface area contributed by atoms with Gasteiger partial charge >= 0.3 is 0 Å². The molecule has 0 radical (unpaired) electrons. The van der Waals surface area contributed by atoms with Crippen molar-refractivity contribution in [2.45, 2.75) is 0 Å². The number of hydrogen-bond donors (Lipinski definition) is 1. The van der Waals surface area contributed by atoms with E-state index in [-0.39, 0.29) is 11.7 Å². The Morgan fingerprint density at radius 3 is 2.50 bits per heavy atom. The molecule has 0 fully saturated rings. The highest BCUT2D eigenvalue weighted by molar-refractivity contribution is 6.31. The molecule has 0 aliphatic heterocycles. The topological polar surface area (TPSA) is 59.8 Å². The maximum atomic E-state index is 13.0. The molecule has 1 amide bonds. The van der Waals surface area contributed by atoms with Gasteiger partial charge in [-0.3, -0.25) is 4.79 Å². The quantitative estimate of drug-likeness (QED) is 0.582. The molecule has 0 aliphatic rings. The zero-order chi connectivity index (χ0) is 18.1. The molecule has 0 saturated heterocycles. The number of aromatic nitrogens is 3. The average molecular weight is 367 g/mol. The Kier molecular flexibility index (Phi) is 4.10. The molecular weight excluding hydrogens is 355 g/mol. The van der Waals surface area contributed by atoms with Crippen LogP contribution in [0.4, 0.5) is 10.1 Å². The third kappa shape index (κ3) is 3.27. The number of nitrogens with zero attached hydrogens (tertiary/aromatic N) is 3. The van der Waals surface area contributed by atoms with Crippen LogP contribution in [-0.4, -0.2) is 20.9 Å². The molecule has 0 unspecified atom stereocenters. The van der Waals surface area contributed by atoms with Gasteiger partial charge in [-0.05, 0) is 60.7 Å². The van der Waals surface area contributed by atoms with Crippen molar-refractivity contribution in [1.82, 2.24) is 15.0 Å². The lowest BCUT2D eigenvalue weighted by atomic mass is 10.2. The highest BCUT2D eigenvalue weighted by Gasteiger charge is 2.09. The van der Waals surface area contributed by atoms with Gasteiger partial charge in [0.25, 0.3) is 5.91 Å². The monoisotopic (exact) mass is 366 g/mol. The SMILES string of the molecule is O=C(Nc1ccc2nn(-c3ccc(F)cc3)nc2c1)c1cccc(Cl)c1. The van der Waals surface area contributed by atoms with Gasteiger partial charge in [-0.2, -0.15) is 4.80 Å². The Hall–Kier alpha value is -3.25. The van der Waals surface area contributed by atoms with E-state index >= 15 is 0 Å². The van der Waals surface area contributed by atoms with Gasteiger partial charge in [-0.25, -0.2) is 4.39 Å². The predicted molar refractivity (Wildman–Crippen MR) is 98.2 cm³/mol. The molecule has 1 N–H and O–H groups in total. The molecule has 3 aromatic carbocycles. The summed E-state index contributed by atoms with van der Waals surface area (Å²) >= 11 is 5.92. The van der Waals surface area contributed by atoms with Crippen LogP contribution in [0.1, 0.15) is 10.4 Å². The minimum Gasteiger partial charge on any atom is -0.322 e. The molecule has 26 heavy (non-hydrogen) atoms. The summed E-state index contributed by atoms with van der Waals surface area (Å²) in [6.07, 6.45) is 0. The van der Waals surface area contributed by atoms with Gasteiger partial charge < -0.3 is 5.32 Å². The number of carbonyl (C=O) groups is 1. The van der Waals surface area contributed by atoms with E-state index in [2.05, 4.69) is 15.5 Å². The van der Waals surface area contributed by atoms with Gasteiger partial charge in [0.15, 0.2) is 0 Å². The van der Waals surface area contributed by atoms with E-state index in [0.717, 1.165) is 0 Å². The van der Waals surface area contributed by atoms with Crippen LogP contribution in [-0.2, 0) is 0 Å². The van der Waals surface area contributed by atoms with Crippen molar-refractivity contribution in [3.63, 3.8) is 0 Å². The number of anilines is 1. The number of benzene rings is 3. The van der Waals surface area contributed by atoms with Gasteiger partial charge in [0, 0.05) is 16.3 Å². The van der Waals surface area contributed by atoms with E-state index in [4.69, 9.17) is 11.6 Å². The minimum absolute atomic E-state index is 0.266. The maximum Gasteiger partial charge on any atom is 0.255 e. The number of hydrogen-bond acceptors (Lipinski definition) is 3. The third-order valence-electron chi connectivity index (χ3n) is 3.78. The first-order valence-electron chi connectivity index (χ1n) is 7.78. The molecule has 128 valence electrons. The minimum atomic E-state index is -0.323. The van der Waals surface area contributed by atoms with E-state index in [1.54, 1.807) is 54.6 Å². The van der Waals surface area contributed by atoms with Crippen LogP contribution in [0, 0.1) is 5.82 Å². The van der Waals surface area contributed by atoms with Crippen LogP contribution in [0.5, 0.6) is 0 Å². The van der Waals surface area contributed by atoms with E-state index < -0.39 is 0 Å². The largest absolute Gasteiger partial charge is 0.322 e. The maximum absolute atomic E-state index is 13.0. The molecule has 4 rings (SSSR count). The smallest absolute Gasteiger partial charge is 0.255 e. The van der Waals surface area contributed by atoms with Crippen molar-refractivity contribution in [3.8, 4) is 5.69 Å². The van der Waals surface area contributed by atoms with Crippen molar-refractivity contribution < 1.29 is 9.18 Å². The average Bonchev–Trinajstić information content (AvgIpc) is 3.05. The second-order valence-electron chi connectivity index (χ2n) is 5.63. The summed E-state index contributed by atoms with van der Waals surface area (Å²) in [6, 6.07) is 17.8. The van der Waals surface area contributed by atoms with Crippen molar-refractivity contribution in [2.75, 3.05) is 5.32 Å². The number of carbonyl (C=O) groups excluding carboxylic acids is 1. The molecule has 0 spiro atoms. The van der Waals surface area contributed by atoms with Crippen LogP contribution >= 0.6 is 11.6 Å². The Labute approximate surface area is 153 Å². The van der Waals surface area contributed by atoms with Crippen LogP contribution < -0.4 is 5.32 Å². The van der Waals surface area contributed by atoms with Gasteiger partial charge in [0.05, 0.1) is 5.69 Å². The standard InChI is InChI=1S/C19H12ClFN4O/c20-13-3-1-2-12(10-13)19(26)22-15-6-9-17-18(11-15)24-25(23-17)16-7-4-14(21)5-8-16/h1-11H,(H,22,26). The van der Waals surface area contributed by atoms with Crippen LogP contribution in [0.2, 0.25) is 5.02 Å². The molecule has 0 saturated carbocycles.